The molecule has 0 aromatic heterocycles. The summed E-state index contributed by atoms with van der Waals surface area (Å²) in [5.74, 6) is -0.171. The fourth-order valence-corrected chi connectivity index (χ4v) is 1.19. The Kier molecular flexibility index (Phi) is 5.12. The summed E-state index contributed by atoms with van der Waals surface area (Å²) < 4.78 is 4.92. The van der Waals surface area contributed by atoms with Crippen LogP contribution in [-0.4, -0.2) is 19.6 Å². The van der Waals surface area contributed by atoms with Crippen LogP contribution >= 0.6 is 0 Å². The molecular weight excluding hydrogens is 202 g/mol. The molecule has 0 saturated carbocycles. The molecule has 0 heterocycles. The Morgan fingerprint density at radius 3 is 2.62 bits per heavy atom. The third kappa shape index (κ3) is 4.17. The van der Waals surface area contributed by atoms with Gasteiger partial charge in [-0.25, -0.2) is 0 Å². The Bertz CT molecular complexity index is 355. The van der Waals surface area contributed by atoms with Crippen LogP contribution in [0.3, 0.4) is 0 Å². The van der Waals surface area contributed by atoms with Crippen LogP contribution in [-0.2, 0) is 9.53 Å². The van der Waals surface area contributed by atoms with Crippen LogP contribution in [0.1, 0.15) is 18.9 Å². The molecule has 0 unspecified atom stereocenters. The van der Waals surface area contributed by atoms with Crippen LogP contribution < -0.4 is 5.32 Å². The van der Waals surface area contributed by atoms with Crippen molar-refractivity contribution in [2.45, 2.75) is 13.3 Å². The van der Waals surface area contributed by atoms with E-state index in [0.29, 0.717) is 13.0 Å². The lowest BCUT2D eigenvalue weighted by Crippen LogP contribution is -2.01. The van der Waals surface area contributed by atoms with Crippen molar-refractivity contribution in [3.63, 3.8) is 0 Å². The molecule has 0 amide bonds. The quantitative estimate of drug-likeness (QED) is 0.774. The monoisotopic (exact) mass is 219 g/mol. The van der Waals surface area contributed by atoms with Gasteiger partial charge in [0.1, 0.15) is 6.61 Å². The molecule has 0 aliphatic rings. The van der Waals surface area contributed by atoms with E-state index in [0.717, 1.165) is 11.3 Å². The summed E-state index contributed by atoms with van der Waals surface area (Å²) in [6.07, 6.45) is 4.19. The van der Waals surface area contributed by atoms with Gasteiger partial charge in [-0.1, -0.05) is 25.1 Å². The average Bonchev–Trinajstić information content (AvgIpc) is 2.35. The van der Waals surface area contributed by atoms with Gasteiger partial charge < -0.3 is 10.1 Å². The van der Waals surface area contributed by atoms with Crippen LogP contribution in [0.25, 0.3) is 6.08 Å². The largest absolute Gasteiger partial charge is 0.461 e. The van der Waals surface area contributed by atoms with Crippen molar-refractivity contribution in [1.29, 1.82) is 0 Å². The van der Waals surface area contributed by atoms with Crippen molar-refractivity contribution in [3.8, 4) is 0 Å². The van der Waals surface area contributed by atoms with Crippen LogP contribution in [0.2, 0.25) is 0 Å². The molecule has 16 heavy (non-hydrogen) atoms. The van der Waals surface area contributed by atoms with E-state index in [9.17, 15) is 4.79 Å². The number of benzene rings is 1. The lowest BCUT2D eigenvalue weighted by Gasteiger charge is -2.00. The van der Waals surface area contributed by atoms with Crippen molar-refractivity contribution in [1.82, 2.24) is 0 Å². The molecule has 3 nitrogen and oxygen atoms in total. The number of hydrogen-bond acceptors (Lipinski definition) is 3. The summed E-state index contributed by atoms with van der Waals surface area (Å²) >= 11 is 0. The summed E-state index contributed by atoms with van der Waals surface area (Å²) in [7, 11) is 1.88. The van der Waals surface area contributed by atoms with Crippen molar-refractivity contribution in [2.75, 3.05) is 19.0 Å². The minimum absolute atomic E-state index is 0.171. The first-order valence-corrected chi connectivity index (χ1v) is 5.36. The molecule has 0 radical (unpaired) electrons. The molecule has 86 valence electrons. The number of ether oxygens (including phenoxy) is 1. The summed E-state index contributed by atoms with van der Waals surface area (Å²) in [4.78, 5) is 10.8. The Morgan fingerprint density at radius 1 is 1.38 bits per heavy atom. The zero-order valence-electron chi connectivity index (χ0n) is 9.69. The van der Waals surface area contributed by atoms with E-state index in [1.807, 2.05) is 43.5 Å². The number of carbonyl (C=O) groups is 1. The SMILES string of the molecule is CCC(=O)OC/C=C/c1ccc(NC)cc1. The van der Waals surface area contributed by atoms with E-state index in [4.69, 9.17) is 4.74 Å². The minimum atomic E-state index is -0.171. The van der Waals surface area contributed by atoms with Crippen LogP contribution in [0.5, 0.6) is 0 Å². The topological polar surface area (TPSA) is 38.3 Å². The van der Waals surface area contributed by atoms with E-state index in [1.54, 1.807) is 6.92 Å². The maximum absolute atomic E-state index is 10.8. The fraction of sp³-hybridized carbons (Fsp3) is 0.308. The molecule has 1 aromatic rings. The molecule has 0 atom stereocenters. The highest BCUT2D eigenvalue weighted by molar-refractivity contribution is 5.69. The first-order chi connectivity index (χ1) is 7.76. The summed E-state index contributed by atoms with van der Waals surface area (Å²) in [6, 6.07) is 8.00. The predicted octanol–water partition coefficient (Wildman–Crippen LogP) is 2.69. The molecule has 0 saturated heterocycles. The summed E-state index contributed by atoms with van der Waals surface area (Å²) in [6.45, 7) is 2.11. The van der Waals surface area contributed by atoms with Crippen molar-refractivity contribution in [3.05, 3.63) is 35.9 Å². The number of esters is 1. The molecule has 1 N–H and O–H groups in total. The second-order valence-electron chi connectivity index (χ2n) is 3.31. The normalized spacial score (nSPS) is 10.4. The highest BCUT2D eigenvalue weighted by Gasteiger charge is 1.94. The molecule has 0 fully saturated rings. The highest BCUT2D eigenvalue weighted by Crippen LogP contribution is 2.09. The van der Waals surface area contributed by atoms with Gasteiger partial charge in [0.05, 0.1) is 0 Å². The van der Waals surface area contributed by atoms with Gasteiger partial charge in [-0.3, -0.25) is 4.79 Å². The standard InChI is InChI=1S/C13H17NO2/c1-3-13(15)16-10-4-5-11-6-8-12(14-2)9-7-11/h4-9,14H,3,10H2,1-2H3/b5-4+. The zero-order chi connectivity index (χ0) is 11.8. The molecular formula is C13H17NO2. The Morgan fingerprint density at radius 2 is 2.06 bits per heavy atom. The van der Waals surface area contributed by atoms with Crippen molar-refractivity contribution in [2.24, 2.45) is 0 Å². The molecule has 0 aliphatic carbocycles. The average molecular weight is 219 g/mol. The zero-order valence-corrected chi connectivity index (χ0v) is 9.69. The number of carbonyl (C=O) groups excluding carboxylic acids is 1. The van der Waals surface area contributed by atoms with Gasteiger partial charge in [-0.15, -0.1) is 0 Å². The van der Waals surface area contributed by atoms with Crippen molar-refractivity contribution < 1.29 is 9.53 Å². The van der Waals surface area contributed by atoms with Gasteiger partial charge >= 0.3 is 5.97 Å². The van der Waals surface area contributed by atoms with E-state index < -0.39 is 0 Å². The van der Waals surface area contributed by atoms with Crippen LogP contribution in [0.15, 0.2) is 30.3 Å². The Balaban J connectivity index is 2.40. The van der Waals surface area contributed by atoms with Gasteiger partial charge in [0, 0.05) is 19.2 Å². The maximum Gasteiger partial charge on any atom is 0.305 e. The smallest absolute Gasteiger partial charge is 0.305 e. The third-order valence-corrected chi connectivity index (χ3v) is 2.14. The number of hydrogen-bond donors (Lipinski definition) is 1. The van der Waals surface area contributed by atoms with E-state index in [2.05, 4.69) is 5.32 Å². The third-order valence-electron chi connectivity index (χ3n) is 2.14. The fourth-order valence-electron chi connectivity index (χ4n) is 1.19. The van der Waals surface area contributed by atoms with Crippen LogP contribution in [0, 0.1) is 0 Å². The van der Waals surface area contributed by atoms with Gasteiger partial charge in [0.25, 0.3) is 0 Å². The second-order valence-corrected chi connectivity index (χ2v) is 3.31. The molecule has 0 aliphatic heterocycles. The first-order valence-electron chi connectivity index (χ1n) is 5.36. The molecule has 0 bridgehead atoms. The lowest BCUT2D eigenvalue weighted by atomic mass is 10.2. The van der Waals surface area contributed by atoms with E-state index >= 15 is 0 Å². The predicted molar refractivity (Wildman–Crippen MR) is 66.3 cm³/mol. The summed E-state index contributed by atoms with van der Waals surface area (Å²) in [5, 5.41) is 3.05. The van der Waals surface area contributed by atoms with Gasteiger partial charge in [0.2, 0.25) is 0 Å². The lowest BCUT2D eigenvalue weighted by molar-refractivity contribution is -0.141. The van der Waals surface area contributed by atoms with E-state index in [-0.39, 0.29) is 5.97 Å². The summed E-state index contributed by atoms with van der Waals surface area (Å²) in [5.41, 5.74) is 2.17. The van der Waals surface area contributed by atoms with Gasteiger partial charge in [-0.2, -0.15) is 0 Å². The van der Waals surface area contributed by atoms with Gasteiger partial charge in [0.15, 0.2) is 0 Å². The number of rotatable bonds is 5. The van der Waals surface area contributed by atoms with Crippen LogP contribution in [0.4, 0.5) is 5.69 Å². The highest BCUT2D eigenvalue weighted by atomic mass is 16.5. The number of nitrogens with one attached hydrogen (secondary N) is 1. The Hall–Kier alpha value is -1.77. The van der Waals surface area contributed by atoms with E-state index in [1.165, 1.54) is 0 Å². The Labute approximate surface area is 96.1 Å². The maximum atomic E-state index is 10.8. The number of anilines is 1. The first kappa shape index (κ1) is 12.3. The minimum Gasteiger partial charge on any atom is -0.461 e. The second kappa shape index (κ2) is 6.67. The molecule has 1 aromatic carbocycles. The molecule has 3 heteroatoms. The van der Waals surface area contributed by atoms with Crippen molar-refractivity contribution >= 4 is 17.7 Å². The van der Waals surface area contributed by atoms with Gasteiger partial charge in [-0.05, 0) is 23.8 Å². The molecule has 1 rings (SSSR count). The molecule has 0 spiro atoms.